The van der Waals surface area contributed by atoms with E-state index < -0.39 is 0 Å². The lowest BCUT2D eigenvalue weighted by atomic mass is 10.2. The molecule has 0 spiro atoms. The second-order valence-electron chi connectivity index (χ2n) is 3.99. The maximum absolute atomic E-state index is 11.9. The number of thiazole rings is 1. The normalized spacial score (nSPS) is 10.5. The van der Waals surface area contributed by atoms with E-state index >= 15 is 0 Å². The van der Waals surface area contributed by atoms with E-state index in [1.807, 2.05) is 12.3 Å². The van der Waals surface area contributed by atoms with Gasteiger partial charge in [-0.1, -0.05) is 23.2 Å². The Morgan fingerprint density at radius 2 is 2.16 bits per heavy atom. The Bertz CT molecular complexity index is 598. The smallest absolute Gasteiger partial charge is 0.251 e. The minimum absolute atomic E-state index is 0.162. The predicted octanol–water partition coefficient (Wildman–Crippen LogP) is 3.73. The molecular formula is C13H12Cl2N2OS. The number of aryl methyl sites for hydroxylation is 1. The Kier molecular flexibility index (Phi) is 4.80. The van der Waals surface area contributed by atoms with Crippen molar-refractivity contribution in [2.45, 2.75) is 13.3 Å². The summed E-state index contributed by atoms with van der Waals surface area (Å²) < 4.78 is 0. The predicted molar refractivity (Wildman–Crippen MR) is 79.4 cm³/mol. The van der Waals surface area contributed by atoms with Gasteiger partial charge < -0.3 is 5.32 Å². The van der Waals surface area contributed by atoms with E-state index in [0.29, 0.717) is 22.2 Å². The molecule has 1 N–H and O–H groups in total. The van der Waals surface area contributed by atoms with Crippen LogP contribution in [0, 0.1) is 6.92 Å². The van der Waals surface area contributed by atoms with E-state index in [-0.39, 0.29) is 5.91 Å². The van der Waals surface area contributed by atoms with E-state index in [9.17, 15) is 4.79 Å². The van der Waals surface area contributed by atoms with Gasteiger partial charge in [-0.3, -0.25) is 4.79 Å². The number of benzene rings is 1. The minimum atomic E-state index is -0.162. The molecule has 1 amide bonds. The monoisotopic (exact) mass is 314 g/mol. The number of rotatable bonds is 4. The molecule has 1 aromatic carbocycles. The van der Waals surface area contributed by atoms with Gasteiger partial charge in [0.05, 0.1) is 20.7 Å². The van der Waals surface area contributed by atoms with Crippen molar-refractivity contribution in [2.24, 2.45) is 0 Å². The zero-order chi connectivity index (χ0) is 13.8. The Labute approximate surface area is 125 Å². The first kappa shape index (κ1) is 14.3. The first-order valence-electron chi connectivity index (χ1n) is 5.70. The van der Waals surface area contributed by atoms with Crippen molar-refractivity contribution in [3.63, 3.8) is 0 Å². The van der Waals surface area contributed by atoms with Crippen LogP contribution in [-0.2, 0) is 6.42 Å². The molecule has 0 aliphatic carbocycles. The van der Waals surface area contributed by atoms with Crippen LogP contribution in [0.3, 0.4) is 0 Å². The van der Waals surface area contributed by atoms with Crippen molar-refractivity contribution < 1.29 is 4.79 Å². The molecule has 6 heteroatoms. The van der Waals surface area contributed by atoms with Crippen LogP contribution in [-0.4, -0.2) is 17.4 Å². The number of carbonyl (C=O) groups excluding carboxylic acids is 1. The van der Waals surface area contributed by atoms with Gasteiger partial charge >= 0.3 is 0 Å². The molecule has 0 saturated carbocycles. The van der Waals surface area contributed by atoms with Crippen molar-refractivity contribution in [3.05, 3.63) is 49.9 Å². The van der Waals surface area contributed by atoms with E-state index in [1.165, 1.54) is 0 Å². The molecule has 0 aliphatic heterocycles. The van der Waals surface area contributed by atoms with E-state index in [1.54, 1.807) is 29.5 Å². The van der Waals surface area contributed by atoms with Crippen molar-refractivity contribution in [1.29, 1.82) is 0 Å². The van der Waals surface area contributed by atoms with Gasteiger partial charge in [0.1, 0.15) is 0 Å². The van der Waals surface area contributed by atoms with Gasteiger partial charge in [0, 0.05) is 23.9 Å². The zero-order valence-corrected chi connectivity index (χ0v) is 12.6. The lowest BCUT2D eigenvalue weighted by Crippen LogP contribution is -2.25. The fraction of sp³-hybridized carbons (Fsp3) is 0.231. The molecule has 0 aliphatic rings. The van der Waals surface area contributed by atoms with Crippen molar-refractivity contribution in [1.82, 2.24) is 10.3 Å². The number of carbonyl (C=O) groups is 1. The highest BCUT2D eigenvalue weighted by Crippen LogP contribution is 2.22. The van der Waals surface area contributed by atoms with Crippen LogP contribution in [0.15, 0.2) is 23.6 Å². The Morgan fingerprint density at radius 1 is 1.37 bits per heavy atom. The van der Waals surface area contributed by atoms with Gasteiger partial charge in [0.2, 0.25) is 0 Å². The number of nitrogens with one attached hydrogen (secondary N) is 1. The number of halogens is 2. The molecule has 3 nitrogen and oxygen atoms in total. The highest BCUT2D eigenvalue weighted by molar-refractivity contribution is 7.09. The fourth-order valence-electron chi connectivity index (χ4n) is 1.57. The largest absolute Gasteiger partial charge is 0.352 e. The topological polar surface area (TPSA) is 42.0 Å². The quantitative estimate of drug-likeness (QED) is 0.934. The summed E-state index contributed by atoms with van der Waals surface area (Å²) in [5, 5.41) is 6.68. The Hall–Kier alpha value is -1.10. The number of hydrogen-bond acceptors (Lipinski definition) is 3. The van der Waals surface area contributed by atoms with Crippen LogP contribution in [0.2, 0.25) is 10.0 Å². The molecule has 0 radical (unpaired) electrons. The molecular weight excluding hydrogens is 303 g/mol. The minimum Gasteiger partial charge on any atom is -0.352 e. The molecule has 0 bridgehead atoms. The zero-order valence-electron chi connectivity index (χ0n) is 10.2. The third-order valence-electron chi connectivity index (χ3n) is 2.52. The van der Waals surface area contributed by atoms with Crippen LogP contribution in [0.4, 0.5) is 0 Å². The van der Waals surface area contributed by atoms with Crippen LogP contribution in [0.25, 0.3) is 0 Å². The van der Waals surface area contributed by atoms with E-state index in [2.05, 4.69) is 10.3 Å². The van der Waals surface area contributed by atoms with Gasteiger partial charge in [0.25, 0.3) is 5.91 Å². The molecule has 2 rings (SSSR count). The van der Waals surface area contributed by atoms with Gasteiger partial charge in [-0.25, -0.2) is 4.98 Å². The van der Waals surface area contributed by atoms with Crippen molar-refractivity contribution in [3.8, 4) is 0 Å². The van der Waals surface area contributed by atoms with Crippen LogP contribution in [0.5, 0.6) is 0 Å². The lowest BCUT2D eigenvalue weighted by molar-refractivity contribution is 0.0954. The second-order valence-corrected chi connectivity index (χ2v) is 5.87. The molecule has 2 aromatic rings. The summed E-state index contributed by atoms with van der Waals surface area (Å²) in [6.07, 6.45) is 0.720. The number of hydrogen-bond donors (Lipinski definition) is 1. The molecule has 0 fully saturated rings. The summed E-state index contributed by atoms with van der Waals surface area (Å²) in [6.45, 7) is 2.50. The third-order valence-corrected chi connectivity index (χ3v) is 4.08. The second kappa shape index (κ2) is 6.37. The van der Waals surface area contributed by atoms with Gasteiger partial charge in [-0.15, -0.1) is 11.3 Å². The summed E-state index contributed by atoms with van der Waals surface area (Å²) in [5.74, 6) is -0.162. The average Bonchev–Trinajstić information content (AvgIpc) is 2.78. The molecule has 100 valence electrons. The maximum atomic E-state index is 11.9. The van der Waals surface area contributed by atoms with Crippen molar-refractivity contribution in [2.75, 3.05) is 6.54 Å². The molecule has 0 unspecified atom stereocenters. The highest BCUT2D eigenvalue weighted by atomic mass is 35.5. The number of amides is 1. The van der Waals surface area contributed by atoms with Crippen LogP contribution >= 0.6 is 34.5 Å². The number of nitrogens with zero attached hydrogens (tertiary/aromatic N) is 1. The Balaban J connectivity index is 1.89. The third kappa shape index (κ3) is 3.93. The molecule has 0 atom stereocenters. The lowest BCUT2D eigenvalue weighted by Gasteiger charge is -2.05. The molecule has 1 aromatic heterocycles. The number of aromatic nitrogens is 1. The first-order valence-corrected chi connectivity index (χ1v) is 7.34. The SMILES string of the molecule is Cc1nc(CCNC(=O)c2ccc(Cl)c(Cl)c2)cs1. The Morgan fingerprint density at radius 3 is 2.79 bits per heavy atom. The van der Waals surface area contributed by atoms with Crippen molar-refractivity contribution >= 4 is 40.4 Å². The summed E-state index contributed by atoms with van der Waals surface area (Å²) >= 11 is 13.3. The molecule has 19 heavy (non-hydrogen) atoms. The van der Waals surface area contributed by atoms with Gasteiger partial charge in [0.15, 0.2) is 0 Å². The van der Waals surface area contributed by atoms with Gasteiger partial charge in [-0.05, 0) is 25.1 Å². The highest BCUT2D eigenvalue weighted by Gasteiger charge is 2.07. The summed E-state index contributed by atoms with van der Waals surface area (Å²) in [4.78, 5) is 16.2. The van der Waals surface area contributed by atoms with E-state index in [4.69, 9.17) is 23.2 Å². The first-order chi connectivity index (χ1) is 9.06. The maximum Gasteiger partial charge on any atom is 0.251 e. The standard InChI is InChI=1S/C13H12Cl2N2OS/c1-8-17-10(7-19-8)4-5-16-13(18)9-2-3-11(14)12(15)6-9/h2-3,6-7H,4-5H2,1H3,(H,16,18). The van der Waals surface area contributed by atoms with E-state index in [0.717, 1.165) is 17.1 Å². The summed E-state index contributed by atoms with van der Waals surface area (Å²) in [5.41, 5.74) is 1.50. The molecule has 0 saturated heterocycles. The van der Waals surface area contributed by atoms with Crippen LogP contribution in [0.1, 0.15) is 21.1 Å². The summed E-state index contributed by atoms with van der Waals surface area (Å²) in [6, 6.07) is 4.82. The molecule has 1 heterocycles. The summed E-state index contributed by atoms with van der Waals surface area (Å²) in [7, 11) is 0. The van der Waals surface area contributed by atoms with Crippen LogP contribution < -0.4 is 5.32 Å². The van der Waals surface area contributed by atoms with Gasteiger partial charge in [-0.2, -0.15) is 0 Å². The fourth-order valence-corrected chi connectivity index (χ4v) is 2.51. The average molecular weight is 315 g/mol.